The van der Waals surface area contributed by atoms with Crippen LogP contribution in [0.3, 0.4) is 0 Å². The Hall–Kier alpha value is -1.10. The van der Waals surface area contributed by atoms with Gasteiger partial charge >= 0.3 is 5.69 Å². The second kappa shape index (κ2) is 2.45. The van der Waals surface area contributed by atoms with Gasteiger partial charge in [0.15, 0.2) is 5.65 Å². The summed E-state index contributed by atoms with van der Waals surface area (Å²) in [6.45, 7) is 1.92. The highest BCUT2D eigenvalue weighted by atomic mass is 79.9. The fourth-order valence-corrected chi connectivity index (χ4v) is 1.33. The smallest absolute Gasteiger partial charge is 0.250 e. The maximum absolute atomic E-state index is 11.1. The summed E-state index contributed by atoms with van der Waals surface area (Å²) < 4.78 is 2.43. The van der Waals surface area contributed by atoms with Crippen LogP contribution in [0.25, 0.3) is 5.65 Å². The largest absolute Gasteiger partial charge is 0.347 e. The lowest BCUT2D eigenvalue weighted by molar-refractivity contribution is 1.02. The molecule has 0 spiro atoms. The average molecular weight is 228 g/mol. The molecule has 0 unspecified atom stereocenters. The van der Waals surface area contributed by atoms with Gasteiger partial charge in [0.1, 0.15) is 0 Å². The molecular weight excluding hydrogens is 222 g/mol. The molecule has 0 aliphatic rings. The highest BCUT2D eigenvalue weighted by Gasteiger charge is 2.01. The number of H-pyrrole nitrogens is 1. The predicted octanol–water partition coefficient (Wildman–Crippen LogP) is 1.09. The molecule has 0 bridgehead atoms. The molecule has 0 saturated heterocycles. The molecule has 4 nitrogen and oxygen atoms in total. The van der Waals surface area contributed by atoms with Crippen LogP contribution in [-0.4, -0.2) is 14.6 Å². The Labute approximate surface area is 76.4 Å². The van der Waals surface area contributed by atoms with E-state index in [1.165, 1.54) is 4.40 Å². The third-order valence-electron chi connectivity index (χ3n) is 1.69. The van der Waals surface area contributed by atoms with Crippen molar-refractivity contribution in [1.82, 2.24) is 14.6 Å². The molecule has 12 heavy (non-hydrogen) atoms. The van der Waals surface area contributed by atoms with Crippen molar-refractivity contribution in [3.05, 3.63) is 32.8 Å². The molecule has 0 saturated carbocycles. The number of hydrogen-bond acceptors (Lipinski definition) is 2. The second-order valence-electron chi connectivity index (χ2n) is 2.56. The first kappa shape index (κ1) is 7.54. The molecule has 0 aliphatic carbocycles. The predicted molar refractivity (Wildman–Crippen MR) is 48.2 cm³/mol. The van der Waals surface area contributed by atoms with E-state index in [0.29, 0.717) is 5.65 Å². The van der Waals surface area contributed by atoms with E-state index in [0.717, 1.165) is 10.0 Å². The first-order chi connectivity index (χ1) is 5.68. The number of nitrogens with one attached hydrogen (secondary N) is 1. The first-order valence-corrected chi connectivity index (χ1v) is 4.20. The normalized spacial score (nSPS) is 10.8. The summed E-state index contributed by atoms with van der Waals surface area (Å²) in [6, 6.07) is 1.80. The van der Waals surface area contributed by atoms with Crippen LogP contribution in [0.2, 0.25) is 0 Å². The Kier molecular flexibility index (Phi) is 1.54. The van der Waals surface area contributed by atoms with Crippen LogP contribution in [0.5, 0.6) is 0 Å². The monoisotopic (exact) mass is 227 g/mol. The van der Waals surface area contributed by atoms with E-state index in [4.69, 9.17) is 0 Å². The molecule has 0 atom stereocenters. The summed E-state index contributed by atoms with van der Waals surface area (Å²) >= 11 is 3.36. The first-order valence-electron chi connectivity index (χ1n) is 3.41. The van der Waals surface area contributed by atoms with Gasteiger partial charge in [-0.05, 0) is 18.6 Å². The van der Waals surface area contributed by atoms with E-state index in [1.807, 2.05) is 6.92 Å². The zero-order chi connectivity index (χ0) is 8.72. The van der Waals surface area contributed by atoms with Crippen LogP contribution >= 0.6 is 15.9 Å². The van der Waals surface area contributed by atoms with Crippen molar-refractivity contribution in [2.24, 2.45) is 0 Å². The number of fused-ring (bicyclic) bond motifs is 1. The maximum Gasteiger partial charge on any atom is 0.347 e. The van der Waals surface area contributed by atoms with E-state index in [9.17, 15) is 4.79 Å². The minimum Gasteiger partial charge on any atom is -0.250 e. The van der Waals surface area contributed by atoms with Gasteiger partial charge in [-0.1, -0.05) is 15.9 Å². The number of aromatic amines is 1. The minimum absolute atomic E-state index is 0.208. The lowest BCUT2D eigenvalue weighted by Gasteiger charge is -1.96. The molecule has 62 valence electrons. The number of rotatable bonds is 0. The lowest BCUT2D eigenvalue weighted by Crippen LogP contribution is -2.08. The summed E-state index contributed by atoms with van der Waals surface area (Å²) in [5.41, 5.74) is 1.42. The van der Waals surface area contributed by atoms with Crippen LogP contribution in [0.4, 0.5) is 0 Å². The van der Waals surface area contributed by atoms with Gasteiger partial charge in [-0.25, -0.2) is 9.89 Å². The van der Waals surface area contributed by atoms with Crippen molar-refractivity contribution in [2.75, 3.05) is 0 Å². The van der Waals surface area contributed by atoms with E-state index in [-0.39, 0.29) is 5.69 Å². The third-order valence-corrected chi connectivity index (χ3v) is 2.54. The third kappa shape index (κ3) is 0.972. The molecule has 0 aromatic carbocycles. The van der Waals surface area contributed by atoms with Gasteiger partial charge in [0, 0.05) is 10.7 Å². The summed E-state index contributed by atoms with van der Waals surface area (Å²) in [4.78, 5) is 11.1. The number of nitrogens with zero attached hydrogens (tertiary/aromatic N) is 2. The average Bonchev–Trinajstić information content (AvgIpc) is 2.35. The van der Waals surface area contributed by atoms with Crippen molar-refractivity contribution in [1.29, 1.82) is 0 Å². The van der Waals surface area contributed by atoms with Crippen molar-refractivity contribution in [2.45, 2.75) is 6.92 Å². The Morgan fingerprint density at radius 3 is 3.17 bits per heavy atom. The van der Waals surface area contributed by atoms with E-state index in [1.54, 1.807) is 12.3 Å². The van der Waals surface area contributed by atoms with Gasteiger partial charge in [0.2, 0.25) is 0 Å². The summed E-state index contributed by atoms with van der Waals surface area (Å²) in [6.07, 6.45) is 1.74. The van der Waals surface area contributed by atoms with Crippen LogP contribution in [0, 0.1) is 6.92 Å². The molecule has 2 heterocycles. The van der Waals surface area contributed by atoms with E-state index >= 15 is 0 Å². The van der Waals surface area contributed by atoms with Gasteiger partial charge in [-0.15, -0.1) is 0 Å². The van der Waals surface area contributed by atoms with E-state index < -0.39 is 0 Å². The zero-order valence-electron chi connectivity index (χ0n) is 6.34. The lowest BCUT2D eigenvalue weighted by atomic mass is 10.3. The minimum atomic E-state index is -0.208. The molecule has 0 fully saturated rings. The number of aromatic nitrogens is 3. The molecule has 2 aromatic heterocycles. The molecular formula is C7H6BrN3O. The van der Waals surface area contributed by atoms with Gasteiger partial charge in [-0.3, -0.25) is 4.40 Å². The highest BCUT2D eigenvalue weighted by molar-refractivity contribution is 9.10. The van der Waals surface area contributed by atoms with Crippen molar-refractivity contribution < 1.29 is 0 Å². The quantitative estimate of drug-likeness (QED) is 0.733. The molecule has 0 radical (unpaired) electrons. The Morgan fingerprint density at radius 1 is 1.67 bits per heavy atom. The van der Waals surface area contributed by atoms with Crippen molar-refractivity contribution in [3.63, 3.8) is 0 Å². The maximum atomic E-state index is 11.1. The molecule has 0 amide bonds. The summed E-state index contributed by atoms with van der Waals surface area (Å²) in [5.74, 6) is 0. The van der Waals surface area contributed by atoms with Gasteiger partial charge in [0.25, 0.3) is 0 Å². The van der Waals surface area contributed by atoms with Crippen molar-refractivity contribution >= 4 is 21.6 Å². The molecule has 1 N–H and O–H groups in total. The SMILES string of the molecule is Cc1cn2c(=O)[nH]nc2cc1Br. The Morgan fingerprint density at radius 2 is 2.42 bits per heavy atom. The Bertz CT molecular complexity index is 485. The van der Waals surface area contributed by atoms with Crippen LogP contribution < -0.4 is 5.69 Å². The Balaban J connectivity index is 2.97. The second-order valence-corrected chi connectivity index (χ2v) is 3.42. The molecule has 2 aromatic rings. The number of aryl methyl sites for hydroxylation is 1. The van der Waals surface area contributed by atoms with Crippen LogP contribution in [-0.2, 0) is 0 Å². The van der Waals surface area contributed by atoms with Gasteiger partial charge < -0.3 is 0 Å². The highest BCUT2D eigenvalue weighted by Crippen LogP contribution is 2.15. The standard InChI is InChI=1S/C7H6BrN3O/c1-4-3-11-6(2-5(4)8)9-10-7(11)12/h2-3H,1H3,(H,10,12). The fraction of sp³-hybridized carbons (Fsp3) is 0.143. The van der Waals surface area contributed by atoms with Crippen LogP contribution in [0.1, 0.15) is 5.56 Å². The molecule has 2 rings (SSSR count). The van der Waals surface area contributed by atoms with Gasteiger partial charge in [0.05, 0.1) is 0 Å². The molecule has 5 heteroatoms. The number of pyridine rings is 1. The summed E-state index contributed by atoms with van der Waals surface area (Å²) in [7, 11) is 0. The van der Waals surface area contributed by atoms with E-state index in [2.05, 4.69) is 26.1 Å². The van der Waals surface area contributed by atoms with Crippen molar-refractivity contribution in [3.8, 4) is 0 Å². The van der Waals surface area contributed by atoms with Gasteiger partial charge in [-0.2, -0.15) is 5.10 Å². The zero-order valence-corrected chi connectivity index (χ0v) is 7.92. The fourth-order valence-electron chi connectivity index (χ4n) is 1.03. The number of halogens is 1. The topological polar surface area (TPSA) is 50.2 Å². The molecule has 0 aliphatic heterocycles. The number of hydrogen-bond donors (Lipinski definition) is 1. The van der Waals surface area contributed by atoms with Crippen LogP contribution in [0.15, 0.2) is 21.5 Å². The summed E-state index contributed by atoms with van der Waals surface area (Å²) in [5, 5.41) is 6.18.